The van der Waals surface area contributed by atoms with Crippen molar-refractivity contribution in [2.75, 3.05) is 13.2 Å². The number of aromatic nitrogens is 1. The van der Waals surface area contributed by atoms with Gasteiger partial charge in [-0.3, -0.25) is 9.59 Å². The molecule has 0 aliphatic carbocycles. The predicted octanol–water partition coefficient (Wildman–Crippen LogP) is 1.78. The summed E-state index contributed by atoms with van der Waals surface area (Å²) in [7, 11) is 0. The summed E-state index contributed by atoms with van der Waals surface area (Å²) in [5.74, 6) is -0.390. The van der Waals surface area contributed by atoms with E-state index in [9.17, 15) is 9.59 Å². The molecule has 0 aliphatic rings. The van der Waals surface area contributed by atoms with E-state index in [1.165, 1.54) is 0 Å². The van der Waals surface area contributed by atoms with Crippen molar-refractivity contribution < 1.29 is 14.3 Å². The summed E-state index contributed by atoms with van der Waals surface area (Å²) >= 11 is 0. The molecule has 106 valence electrons. The number of para-hydroxylation sites is 1. The molecule has 0 atom stereocenters. The van der Waals surface area contributed by atoms with Crippen LogP contribution >= 0.6 is 0 Å². The standard InChI is InChI=1S/C15H18N2O3/c1-2-20-15(19)7-8-16-14(18)9-11-10-17-13-6-4-3-5-12(11)13/h3-6,10,17H,2,7-9H2,1H3,(H,16,18). The summed E-state index contributed by atoms with van der Waals surface area (Å²) in [4.78, 5) is 26.1. The Labute approximate surface area is 117 Å². The molecule has 0 radical (unpaired) electrons. The molecule has 0 saturated heterocycles. The Bertz CT molecular complexity index is 604. The maximum Gasteiger partial charge on any atom is 0.307 e. The fourth-order valence-electron chi connectivity index (χ4n) is 2.05. The molecular formula is C15H18N2O3. The number of carbonyl (C=O) groups excluding carboxylic acids is 2. The van der Waals surface area contributed by atoms with Crippen LogP contribution in [0.25, 0.3) is 10.9 Å². The van der Waals surface area contributed by atoms with Gasteiger partial charge in [0.05, 0.1) is 19.4 Å². The highest BCUT2D eigenvalue weighted by Crippen LogP contribution is 2.17. The first kappa shape index (κ1) is 14.1. The van der Waals surface area contributed by atoms with E-state index in [0.717, 1.165) is 16.5 Å². The van der Waals surface area contributed by atoms with Crippen LogP contribution in [0.2, 0.25) is 0 Å². The monoisotopic (exact) mass is 274 g/mol. The summed E-state index contributed by atoms with van der Waals surface area (Å²) in [5, 5.41) is 3.77. The maximum absolute atomic E-state index is 11.8. The molecule has 2 aromatic rings. The molecule has 0 aliphatic heterocycles. The quantitative estimate of drug-likeness (QED) is 0.789. The highest BCUT2D eigenvalue weighted by Gasteiger charge is 2.09. The molecule has 0 unspecified atom stereocenters. The molecule has 5 heteroatoms. The summed E-state index contributed by atoms with van der Waals surface area (Å²) in [5.41, 5.74) is 1.97. The highest BCUT2D eigenvalue weighted by atomic mass is 16.5. The Hall–Kier alpha value is -2.30. The van der Waals surface area contributed by atoms with Crippen molar-refractivity contribution in [1.29, 1.82) is 0 Å². The zero-order valence-electron chi connectivity index (χ0n) is 11.4. The van der Waals surface area contributed by atoms with Gasteiger partial charge < -0.3 is 15.0 Å². The molecule has 2 rings (SSSR count). The molecule has 0 spiro atoms. The average molecular weight is 274 g/mol. The van der Waals surface area contributed by atoms with Crippen LogP contribution in [0, 0.1) is 0 Å². The second-order valence-corrected chi connectivity index (χ2v) is 4.44. The van der Waals surface area contributed by atoms with Crippen LogP contribution in [0.5, 0.6) is 0 Å². The number of esters is 1. The number of benzene rings is 1. The van der Waals surface area contributed by atoms with Crippen molar-refractivity contribution in [3.8, 4) is 0 Å². The van der Waals surface area contributed by atoms with E-state index in [1.54, 1.807) is 6.92 Å². The van der Waals surface area contributed by atoms with Crippen molar-refractivity contribution >= 4 is 22.8 Å². The van der Waals surface area contributed by atoms with Gasteiger partial charge in [-0.15, -0.1) is 0 Å². The van der Waals surface area contributed by atoms with E-state index in [2.05, 4.69) is 10.3 Å². The minimum Gasteiger partial charge on any atom is -0.466 e. The van der Waals surface area contributed by atoms with Crippen molar-refractivity contribution in [2.24, 2.45) is 0 Å². The van der Waals surface area contributed by atoms with Gasteiger partial charge in [-0.05, 0) is 18.6 Å². The van der Waals surface area contributed by atoms with Gasteiger partial charge in [0.1, 0.15) is 0 Å². The van der Waals surface area contributed by atoms with Gasteiger partial charge in [0, 0.05) is 23.6 Å². The largest absolute Gasteiger partial charge is 0.466 e. The lowest BCUT2D eigenvalue weighted by Crippen LogP contribution is -2.27. The van der Waals surface area contributed by atoms with Gasteiger partial charge in [-0.1, -0.05) is 18.2 Å². The molecule has 0 saturated carbocycles. The highest BCUT2D eigenvalue weighted by molar-refractivity contribution is 5.88. The Morgan fingerprint density at radius 3 is 2.90 bits per heavy atom. The van der Waals surface area contributed by atoms with Gasteiger partial charge in [0.15, 0.2) is 0 Å². The molecule has 0 bridgehead atoms. The van der Waals surface area contributed by atoms with Gasteiger partial charge in [-0.25, -0.2) is 0 Å². The number of carbonyl (C=O) groups is 2. The lowest BCUT2D eigenvalue weighted by molar-refractivity contribution is -0.143. The molecule has 2 N–H and O–H groups in total. The van der Waals surface area contributed by atoms with E-state index >= 15 is 0 Å². The second-order valence-electron chi connectivity index (χ2n) is 4.44. The number of ether oxygens (including phenoxy) is 1. The van der Waals surface area contributed by atoms with Crippen LogP contribution in [0.1, 0.15) is 18.9 Å². The first-order valence-electron chi connectivity index (χ1n) is 6.68. The van der Waals surface area contributed by atoms with E-state index in [0.29, 0.717) is 19.6 Å². The molecular weight excluding hydrogens is 256 g/mol. The van der Waals surface area contributed by atoms with Crippen LogP contribution in [-0.4, -0.2) is 30.0 Å². The van der Waals surface area contributed by atoms with Crippen molar-refractivity contribution in [3.05, 3.63) is 36.0 Å². The normalized spacial score (nSPS) is 10.4. The minimum atomic E-state index is -0.292. The lowest BCUT2D eigenvalue weighted by Gasteiger charge is -2.04. The van der Waals surface area contributed by atoms with Crippen LogP contribution in [-0.2, 0) is 20.7 Å². The predicted molar refractivity (Wildman–Crippen MR) is 76.3 cm³/mol. The Kier molecular flexibility index (Phi) is 4.76. The number of hydrogen-bond donors (Lipinski definition) is 2. The molecule has 5 nitrogen and oxygen atoms in total. The molecule has 1 aromatic heterocycles. The topological polar surface area (TPSA) is 71.2 Å². The third-order valence-corrected chi connectivity index (χ3v) is 2.98. The Morgan fingerprint density at radius 2 is 2.10 bits per heavy atom. The Morgan fingerprint density at radius 1 is 1.30 bits per heavy atom. The van der Waals surface area contributed by atoms with E-state index < -0.39 is 0 Å². The fraction of sp³-hybridized carbons (Fsp3) is 0.333. The third kappa shape index (κ3) is 3.60. The summed E-state index contributed by atoms with van der Waals surface area (Å²) in [6, 6.07) is 7.84. The smallest absolute Gasteiger partial charge is 0.307 e. The number of fused-ring (bicyclic) bond motifs is 1. The number of aromatic amines is 1. The first-order valence-corrected chi connectivity index (χ1v) is 6.68. The fourth-order valence-corrected chi connectivity index (χ4v) is 2.05. The number of nitrogens with one attached hydrogen (secondary N) is 2. The average Bonchev–Trinajstić information content (AvgIpc) is 2.83. The van der Waals surface area contributed by atoms with Crippen molar-refractivity contribution in [1.82, 2.24) is 10.3 Å². The maximum atomic E-state index is 11.8. The Balaban J connectivity index is 1.84. The van der Waals surface area contributed by atoms with E-state index in [4.69, 9.17) is 4.74 Å². The van der Waals surface area contributed by atoms with Crippen molar-refractivity contribution in [2.45, 2.75) is 19.8 Å². The van der Waals surface area contributed by atoms with Gasteiger partial charge in [0.2, 0.25) is 5.91 Å². The zero-order chi connectivity index (χ0) is 14.4. The molecule has 20 heavy (non-hydrogen) atoms. The van der Waals surface area contributed by atoms with Crippen LogP contribution in [0.3, 0.4) is 0 Å². The summed E-state index contributed by atoms with van der Waals surface area (Å²) in [6.07, 6.45) is 2.34. The first-order chi connectivity index (χ1) is 9.70. The van der Waals surface area contributed by atoms with Crippen LogP contribution in [0.4, 0.5) is 0 Å². The minimum absolute atomic E-state index is 0.0981. The molecule has 1 amide bonds. The van der Waals surface area contributed by atoms with Crippen molar-refractivity contribution in [3.63, 3.8) is 0 Å². The van der Waals surface area contributed by atoms with E-state index in [1.807, 2.05) is 30.5 Å². The number of H-pyrrole nitrogens is 1. The van der Waals surface area contributed by atoms with Gasteiger partial charge >= 0.3 is 5.97 Å². The van der Waals surface area contributed by atoms with Gasteiger partial charge in [0.25, 0.3) is 0 Å². The number of amides is 1. The zero-order valence-corrected chi connectivity index (χ0v) is 11.4. The summed E-state index contributed by atoms with van der Waals surface area (Å²) in [6.45, 7) is 2.43. The van der Waals surface area contributed by atoms with Crippen LogP contribution < -0.4 is 5.32 Å². The molecule has 1 heterocycles. The second kappa shape index (κ2) is 6.75. The van der Waals surface area contributed by atoms with Gasteiger partial charge in [-0.2, -0.15) is 0 Å². The summed E-state index contributed by atoms with van der Waals surface area (Å²) < 4.78 is 4.79. The third-order valence-electron chi connectivity index (χ3n) is 2.98. The van der Waals surface area contributed by atoms with E-state index in [-0.39, 0.29) is 18.3 Å². The SMILES string of the molecule is CCOC(=O)CCNC(=O)Cc1c[nH]c2ccccc12. The number of hydrogen-bond acceptors (Lipinski definition) is 3. The van der Waals surface area contributed by atoms with Crippen LogP contribution in [0.15, 0.2) is 30.5 Å². The molecule has 1 aromatic carbocycles. The lowest BCUT2D eigenvalue weighted by atomic mass is 10.1. The molecule has 0 fully saturated rings. The number of rotatable bonds is 6.